The van der Waals surface area contributed by atoms with E-state index in [0.717, 1.165) is 22.2 Å². The summed E-state index contributed by atoms with van der Waals surface area (Å²) in [6.45, 7) is 4.66. The molecule has 1 aromatic heterocycles. The summed E-state index contributed by atoms with van der Waals surface area (Å²) in [6, 6.07) is 9.45. The maximum Gasteiger partial charge on any atom is 0.310 e. The fourth-order valence-corrected chi connectivity index (χ4v) is 4.32. The standard InChI is InChI=1S/C22H23ClN2O3S/c1-12(2)7-16(22(26)27)15-8-17(23)21(20(10-15)28-11-13-3-4-13)14-5-6-18-19(9-14)25-29-24-18/h5-6,8-10,12-13,16H,3-4,7,11H2,1-2H3,(H,26,27). The number of carboxylic acid groups (broad SMARTS) is 1. The van der Waals surface area contributed by atoms with Gasteiger partial charge in [0.1, 0.15) is 16.8 Å². The highest BCUT2D eigenvalue weighted by Crippen LogP contribution is 2.42. The lowest BCUT2D eigenvalue weighted by Crippen LogP contribution is -2.14. The van der Waals surface area contributed by atoms with Crippen LogP contribution in [0.4, 0.5) is 0 Å². The normalized spacial score (nSPS) is 15.0. The smallest absolute Gasteiger partial charge is 0.310 e. The number of carbonyl (C=O) groups is 1. The van der Waals surface area contributed by atoms with Gasteiger partial charge >= 0.3 is 5.97 Å². The third-order valence-electron chi connectivity index (χ3n) is 5.20. The molecule has 3 aromatic rings. The molecule has 1 N–H and O–H groups in total. The van der Waals surface area contributed by atoms with E-state index >= 15 is 0 Å². The maximum absolute atomic E-state index is 11.9. The first kappa shape index (κ1) is 20.1. The van der Waals surface area contributed by atoms with E-state index in [4.69, 9.17) is 16.3 Å². The van der Waals surface area contributed by atoms with Gasteiger partial charge in [0.25, 0.3) is 0 Å². The molecule has 1 aliphatic rings. The zero-order valence-electron chi connectivity index (χ0n) is 16.4. The third-order valence-corrected chi connectivity index (χ3v) is 6.05. The Morgan fingerprint density at radius 2 is 2.00 bits per heavy atom. The summed E-state index contributed by atoms with van der Waals surface area (Å²) in [4.78, 5) is 11.9. The van der Waals surface area contributed by atoms with Gasteiger partial charge < -0.3 is 9.84 Å². The number of aromatic nitrogens is 2. The maximum atomic E-state index is 11.9. The van der Waals surface area contributed by atoms with Gasteiger partial charge in [0.15, 0.2) is 0 Å². The predicted octanol–water partition coefficient (Wildman–Crippen LogP) is 6.01. The Morgan fingerprint density at radius 1 is 1.24 bits per heavy atom. The third kappa shape index (κ3) is 4.54. The minimum absolute atomic E-state index is 0.255. The summed E-state index contributed by atoms with van der Waals surface area (Å²) in [6.07, 6.45) is 2.89. The van der Waals surface area contributed by atoms with Gasteiger partial charge in [0, 0.05) is 5.56 Å². The first-order valence-electron chi connectivity index (χ1n) is 9.84. The molecule has 5 nitrogen and oxygen atoms in total. The molecule has 0 aliphatic heterocycles. The minimum atomic E-state index is -0.842. The number of aliphatic carboxylic acids is 1. The Bertz CT molecular complexity index is 1050. The van der Waals surface area contributed by atoms with Gasteiger partial charge in [0.05, 0.1) is 29.3 Å². The lowest BCUT2D eigenvalue weighted by atomic mass is 9.89. The summed E-state index contributed by atoms with van der Waals surface area (Å²) in [7, 11) is 0. The number of ether oxygens (including phenoxy) is 1. The van der Waals surface area contributed by atoms with Gasteiger partial charge in [-0.2, -0.15) is 8.75 Å². The van der Waals surface area contributed by atoms with Crippen molar-refractivity contribution in [1.82, 2.24) is 8.75 Å². The molecule has 0 radical (unpaired) electrons. The van der Waals surface area contributed by atoms with Crippen LogP contribution < -0.4 is 4.74 Å². The second-order valence-electron chi connectivity index (χ2n) is 8.12. The molecule has 29 heavy (non-hydrogen) atoms. The number of benzene rings is 2. The Morgan fingerprint density at radius 3 is 2.69 bits per heavy atom. The van der Waals surface area contributed by atoms with Crippen LogP contribution in [0.3, 0.4) is 0 Å². The highest BCUT2D eigenvalue weighted by molar-refractivity contribution is 7.00. The van der Waals surface area contributed by atoms with Crippen molar-refractivity contribution in [2.75, 3.05) is 6.61 Å². The van der Waals surface area contributed by atoms with Gasteiger partial charge in [-0.3, -0.25) is 4.79 Å². The molecule has 0 saturated heterocycles. The highest BCUT2D eigenvalue weighted by Gasteiger charge is 2.26. The van der Waals surface area contributed by atoms with E-state index in [2.05, 4.69) is 8.75 Å². The SMILES string of the molecule is CC(C)CC(C(=O)O)c1cc(Cl)c(-c2ccc3nsnc3c2)c(OCC2CC2)c1. The second kappa shape index (κ2) is 8.28. The van der Waals surface area contributed by atoms with Gasteiger partial charge in [-0.05, 0) is 66.5 Å². The minimum Gasteiger partial charge on any atom is -0.493 e. The molecule has 4 rings (SSSR count). The average Bonchev–Trinajstić information content (AvgIpc) is 3.38. The number of halogens is 1. The van der Waals surface area contributed by atoms with Gasteiger partial charge in [-0.15, -0.1) is 0 Å². The van der Waals surface area contributed by atoms with Crippen LogP contribution in [0.2, 0.25) is 5.02 Å². The van der Waals surface area contributed by atoms with Crippen LogP contribution in [0.5, 0.6) is 5.75 Å². The molecule has 2 aromatic carbocycles. The van der Waals surface area contributed by atoms with Crippen molar-refractivity contribution in [1.29, 1.82) is 0 Å². The zero-order valence-corrected chi connectivity index (χ0v) is 18.0. The Labute approximate surface area is 179 Å². The molecule has 0 bridgehead atoms. The highest BCUT2D eigenvalue weighted by atomic mass is 35.5. The lowest BCUT2D eigenvalue weighted by Gasteiger charge is -2.20. The Hall–Kier alpha value is -2.18. The van der Waals surface area contributed by atoms with Crippen LogP contribution in [0.1, 0.15) is 44.6 Å². The molecule has 1 unspecified atom stereocenters. The summed E-state index contributed by atoms with van der Waals surface area (Å²) >= 11 is 7.88. The molecule has 1 saturated carbocycles. The molecule has 1 atom stereocenters. The van der Waals surface area contributed by atoms with Crippen LogP contribution in [0, 0.1) is 11.8 Å². The Kier molecular flexibility index (Phi) is 5.74. The first-order valence-corrected chi connectivity index (χ1v) is 10.9. The van der Waals surface area contributed by atoms with Crippen molar-refractivity contribution in [3.8, 4) is 16.9 Å². The van der Waals surface area contributed by atoms with E-state index in [1.165, 1.54) is 24.6 Å². The summed E-state index contributed by atoms with van der Waals surface area (Å²) in [5.74, 6) is 0.00371. The molecule has 0 spiro atoms. The first-order chi connectivity index (χ1) is 13.9. The molecule has 1 fully saturated rings. The fourth-order valence-electron chi connectivity index (χ4n) is 3.48. The molecule has 0 amide bonds. The summed E-state index contributed by atoms with van der Waals surface area (Å²) < 4.78 is 14.7. The molecule has 7 heteroatoms. The monoisotopic (exact) mass is 430 g/mol. The molecule has 152 valence electrons. The number of carboxylic acids is 1. The van der Waals surface area contributed by atoms with E-state index in [1.54, 1.807) is 6.07 Å². The summed E-state index contributed by atoms with van der Waals surface area (Å²) in [5, 5.41) is 10.3. The van der Waals surface area contributed by atoms with Crippen LogP contribution in [-0.4, -0.2) is 26.4 Å². The van der Waals surface area contributed by atoms with Gasteiger partial charge in [0.2, 0.25) is 0 Å². The average molecular weight is 431 g/mol. The van der Waals surface area contributed by atoms with Crippen LogP contribution >= 0.6 is 23.3 Å². The number of nitrogens with zero attached hydrogens (tertiary/aromatic N) is 2. The molecule has 1 heterocycles. The van der Waals surface area contributed by atoms with E-state index in [1.807, 2.05) is 38.1 Å². The number of hydrogen-bond acceptors (Lipinski definition) is 5. The van der Waals surface area contributed by atoms with Crippen molar-refractivity contribution in [2.45, 2.75) is 39.0 Å². The number of rotatable bonds is 8. The van der Waals surface area contributed by atoms with Gasteiger partial charge in [-0.25, -0.2) is 0 Å². The van der Waals surface area contributed by atoms with E-state index in [0.29, 0.717) is 35.3 Å². The molecular weight excluding hydrogens is 408 g/mol. The van der Waals surface area contributed by atoms with Crippen molar-refractivity contribution < 1.29 is 14.6 Å². The lowest BCUT2D eigenvalue weighted by molar-refractivity contribution is -0.139. The van der Waals surface area contributed by atoms with Crippen molar-refractivity contribution in [3.05, 3.63) is 40.9 Å². The van der Waals surface area contributed by atoms with Gasteiger partial charge in [-0.1, -0.05) is 31.5 Å². The predicted molar refractivity (Wildman–Crippen MR) is 116 cm³/mol. The topological polar surface area (TPSA) is 72.3 Å². The number of fused-ring (bicyclic) bond motifs is 1. The van der Waals surface area contributed by atoms with Crippen molar-refractivity contribution in [3.63, 3.8) is 0 Å². The zero-order chi connectivity index (χ0) is 20.5. The van der Waals surface area contributed by atoms with E-state index in [-0.39, 0.29) is 5.92 Å². The van der Waals surface area contributed by atoms with Crippen molar-refractivity contribution in [2.24, 2.45) is 11.8 Å². The van der Waals surface area contributed by atoms with Crippen LogP contribution in [-0.2, 0) is 4.79 Å². The molecular formula is C22H23ClN2O3S. The quantitative estimate of drug-likeness (QED) is 0.473. The summed E-state index contributed by atoms with van der Waals surface area (Å²) in [5.41, 5.74) is 4.00. The fraction of sp³-hybridized carbons (Fsp3) is 0.409. The van der Waals surface area contributed by atoms with E-state index < -0.39 is 11.9 Å². The van der Waals surface area contributed by atoms with Crippen LogP contribution in [0.25, 0.3) is 22.2 Å². The largest absolute Gasteiger partial charge is 0.493 e. The Balaban J connectivity index is 1.79. The van der Waals surface area contributed by atoms with Crippen LogP contribution in [0.15, 0.2) is 30.3 Å². The number of hydrogen-bond donors (Lipinski definition) is 1. The van der Waals surface area contributed by atoms with E-state index in [9.17, 15) is 9.90 Å². The van der Waals surface area contributed by atoms with Crippen molar-refractivity contribution >= 4 is 40.3 Å². The second-order valence-corrected chi connectivity index (χ2v) is 9.05. The molecule has 1 aliphatic carbocycles.